The van der Waals surface area contributed by atoms with Gasteiger partial charge in [0, 0.05) is 0 Å². The van der Waals surface area contributed by atoms with Crippen molar-refractivity contribution in [2.75, 3.05) is 0 Å². The largest absolute Gasteiger partial charge is 0.481 e. The predicted molar refractivity (Wildman–Crippen MR) is 56.4 cm³/mol. The van der Waals surface area contributed by atoms with Crippen molar-refractivity contribution in [1.29, 1.82) is 0 Å². The first-order valence-corrected chi connectivity index (χ1v) is 4.82. The van der Waals surface area contributed by atoms with Crippen molar-refractivity contribution in [2.24, 2.45) is 0 Å². The lowest BCUT2D eigenvalue weighted by Gasteiger charge is -2.23. The fourth-order valence-corrected chi connectivity index (χ4v) is 1.72. The monoisotopic (exact) mass is 210 g/mol. The molecule has 3 heteroatoms. The van der Waals surface area contributed by atoms with Gasteiger partial charge in [0.05, 0.1) is 6.42 Å². The van der Waals surface area contributed by atoms with Crippen LogP contribution in [0.15, 0.2) is 18.2 Å². The van der Waals surface area contributed by atoms with Crippen LogP contribution in [0.3, 0.4) is 0 Å². The summed E-state index contributed by atoms with van der Waals surface area (Å²) >= 11 is 0. The highest BCUT2D eigenvalue weighted by atomic mass is 19.1. The number of aliphatic carboxylic acids is 1. The average molecular weight is 210 g/mol. The maximum absolute atomic E-state index is 13.6. The third kappa shape index (κ3) is 2.78. The van der Waals surface area contributed by atoms with Gasteiger partial charge in [-0.05, 0) is 22.6 Å². The van der Waals surface area contributed by atoms with Gasteiger partial charge < -0.3 is 5.11 Å². The fourth-order valence-electron chi connectivity index (χ4n) is 1.72. The van der Waals surface area contributed by atoms with Crippen LogP contribution in [-0.2, 0) is 16.6 Å². The van der Waals surface area contributed by atoms with Crippen molar-refractivity contribution in [2.45, 2.75) is 32.6 Å². The van der Waals surface area contributed by atoms with Gasteiger partial charge in [0.25, 0.3) is 0 Å². The van der Waals surface area contributed by atoms with Gasteiger partial charge >= 0.3 is 5.97 Å². The van der Waals surface area contributed by atoms with Crippen LogP contribution < -0.4 is 0 Å². The van der Waals surface area contributed by atoms with Crippen molar-refractivity contribution in [3.63, 3.8) is 0 Å². The molecule has 1 aromatic carbocycles. The molecule has 0 spiro atoms. The number of rotatable bonds is 2. The summed E-state index contributed by atoms with van der Waals surface area (Å²) in [6, 6.07) is 4.58. The summed E-state index contributed by atoms with van der Waals surface area (Å²) in [5.74, 6) is -1.27. The standard InChI is InChI=1S/C12H15FO2/c1-12(2,3)11-8(7-10(14)15)5-4-6-9(11)13/h4-6H,7H2,1-3H3,(H,14,15). The zero-order valence-corrected chi connectivity index (χ0v) is 9.17. The first-order valence-electron chi connectivity index (χ1n) is 4.82. The molecule has 0 radical (unpaired) electrons. The Kier molecular flexibility index (Phi) is 3.12. The van der Waals surface area contributed by atoms with E-state index in [1.165, 1.54) is 6.07 Å². The summed E-state index contributed by atoms with van der Waals surface area (Å²) in [5, 5.41) is 8.73. The highest BCUT2D eigenvalue weighted by Gasteiger charge is 2.22. The number of hydrogen-bond donors (Lipinski definition) is 1. The van der Waals surface area contributed by atoms with Crippen molar-refractivity contribution >= 4 is 5.97 Å². The summed E-state index contributed by atoms with van der Waals surface area (Å²) in [6.45, 7) is 5.62. The van der Waals surface area contributed by atoms with E-state index in [2.05, 4.69) is 0 Å². The smallest absolute Gasteiger partial charge is 0.307 e. The molecule has 1 rings (SSSR count). The van der Waals surface area contributed by atoms with Gasteiger partial charge in [-0.3, -0.25) is 4.79 Å². The van der Waals surface area contributed by atoms with Crippen molar-refractivity contribution in [1.82, 2.24) is 0 Å². The average Bonchev–Trinajstić information content (AvgIpc) is 1.99. The van der Waals surface area contributed by atoms with E-state index in [-0.39, 0.29) is 17.7 Å². The molecule has 0 aliphatic rings. The Morgan fingerprint density at radius 1 is 1.40 bits per heavy atom. The molecule has 1 N–H and O–H groups in total. The molecule has 0 aliphatic heterocycles. The van der Waals surface area contributed by atoms with Crippen LogP contribution in [0.4, 0.5) is 4.39 Å². The third-order valence-electron chi connectivity index (χ3n) is 2.19. The molecule has 82 valence electrons. The third-order valence-corrected chi connectivity index (χ3v) is 2.19. The molecule has 0 aliphatic carbocycles. The van der Waals surface area contributed by atoms with Gasteiger partial charge in [-0.15, -0.1) is 0 Å². The highest BCUT2D eigenvalue weighted by Crippen LogP contribution is 2.28. The predicted octanol–water partition coefficient (Wildman–Crippen LogP) is 2.75. The van der Waals surface area contributed by atoms with E-state index in [0.29, 0.717) is 11.1 Å². The normalized spacial score (nSPS) is 11.5. The Morgan fingerprint density at radius 3 is 2.47 bits per heavy atom. The second kappa shape index (κ2) is 4.01. The van der Waals surface area contributed by atoms with Crippen LogP contribution in [-0.4, -0.2) is 11.1 Å². The zero-order chi connectivity index (χ0) is 11.6. The van der Waals surface area contributed by atoms with Gasteiger partial charge in [0.1, 0.15) is 5.82 Å². The molecule has 0 amide bonds. The van der Waals surface area contributed by atoms with Gasteiger partial charge in [-0.25, -0.2) is 4.39 Å². The lowest BCUT2D eigenvalue weighted by atomic mass is 9.82. The Morgan fingerprint density at radius 2 is 2.00 bits per heavy atom. The van der Waals surface area contributed by atoms with Gasteiger partial charge in [0.15, 0.2) is 0 Å². The van der Waals surface area contributed by atoms with Crippen LogP contribution in [0.1, 0.15) is 31.9 Å². The topological polar surface area (TPSA) is 37.3 Å². The maximum Gasteiger partial charge on any atom is 0.307 e. The van der Waals surface area contributed by atoms with E-state index in [1.54, 1.807) is 12.1 Å². The molecule has 15 heavy (non-hydrogen) atoms. The summed E-state index contributed by atoms with van der Waals surface area (Å²) < 4.78 is 13.6. The van der Waals surface area contributed by atoms with Crippen LogP contribution in [0.25, 0.3) is 0 Å². The van der Waals surface area contributed by atoms with Crippen LogP contribution >= 0.6 is 0 Å². The highest BCUT2D eigenvalue weighted by molar-refractivity contribution is 5.71. The number of benzene rings is 1. The van der Waals surface area contributed by atoms with Crippen LogP contribution in [0, 0.1) is 5.82 Å². The summed E-state index contributed by atoms with van der Waals surface area (Å²) in [4.78, 5) is 10.6. The van der Waals surface area contributed by atoms with E-state index in [4.69, 9.17) is 5.11 Å². The Balaban J connectivity index is 3.27. The Bertz CT molecular complexity index is 378. The Labute approximate surface area is 88.7 Å². The minimum absolute atomic E-state index is 0.135. The van der Waals surface area contributed by atoms with E-state index in [9.17, 15) is 9.18 Å². The van der Waals surface area contributed by atoms with Gasteiger partial charge in [-0.1, -0.05) is 32.9 Å². The van der Waals surface area contributed by atoms with E-state index < -0.39 is 5.97 Å². The molecule has 0 atom stereocenters. The second-order valence-corrected chi connectivity index (χ2v) is 4.59. The quantitative estimate of drug-likeness (QED) is 0.814. The molecule has 0 saturated heterocycles. The fraction of sp³-hybridized carbons (Fsp3) is 0.417. The molecule has 0 unspecified atom stereocenters. The molecule has 0 saturated carbocycles. The number of halogens is 1. The SMILES string of the molecule is CC(C)(C)c1c(F)cccc1CC(=O)O. The number of carboxylic acid groups (broad SMARTS) is 1. The summed E-state index contributed by atoms with van der Waals surface area (Å²) in [6.07, 6.45) is -0.135. The van der Waals surface area contributed by atoms with Crippen molar-refractivity contribution in [3.8, 4) is 0 Å². The zero-order valence-electron chi connectivity index (χ0n) is 9.17. The van der Waals surface area contributed by atoms with E-state index >= 15 is 0 Å². The molecule has 2 nitrogen and oxygen atoms in total. The first-order chi connectivity index (χ1) is 6.82. The molecule has 0 fully saturated rings. The van der Waals surface area contributed by atoms with Gasteiger partial charge in [-0.2, -0.15) is 0 Å². The lowest BCUT2D eigenvalue weighted by Crippen LogP contribution is -2.18. The number of carbonyl (C=O) groups is 1. The Hall–Kier alpha value is -1.38. The molecular formula is C12H15FO2. The molecule has 0 heterocycles. The number of carboxylic acids is 1. The van der Waals surface area contributed by atoms with Crippen molar-refractivity contribution < 1.29 is 14.3 Å². The minimum Gasteiger partial charge on any atom is -0.481 e. The van der Waals surface area contributed by atoms with E-state index in [0.717, 1.165) is 0 Å². The lowest BCUT2D eigenvalue weighted by molar-refractivity contribution is -0.136. The minimum atomic E-state index is -0.939. The van der Waals surface area contributed by atoms with Crippen molar-refractivity contribution in [3.05, 3.63) is 35.1 Å². The summed E-state index contributed by atoms with van der Waals surface area (Å²) in [5.41, 5.74) is 0.665. The second-order valence-electron chi connectivity index (χ2n) is 4.59. The molecule has 1 aromatic rings. The van der Waals surface area contributed by atoms with Crippen LogP contribution in [0.5, 0.6) is 0 Å². The van der Waals surface area contributed by atoms with Gasteiger partial charge in [0.2, 0.25) is 0 Å². The number of hydrogen-bond acceptors (Lipinski definition) is 1. The molecule has 0 aromatic heterocycles. The maximum atomic E-state index is 13.6. The van der Waals surface area contributed by atoms with E-state index in [1.807, 2.05) is 20.8 Å². The molecular weight excluding hydrogens is 195 g/mol. The first kappa shape index (κ1) is 11.7. The van der Waals surface area contributed by atoms with Crippen LogP contribution in [0.2, 0.25) is 0 Å². The molecule has 0 bridgehead atoms. The summed E-state index contributed by atoms with van der Waals surface area (Å²) in [7, 11) is 0.